The molecule has 2 amide bonds. The van der Waals surface area contributed by atoms with E-state index in [0.29, 0.717) is 23.6 Å². The van der Waals surface area contributed by atoms with E-state index in [-0.39, 0.29) is 29.8 Å². The van der Waals surface area contributed by atoms with Gasteiger partial charge in [-0.2, -0.15) is 0 Å². The maximum Gasteiger partial charge on any atom is 0.264 e. The number of nitrogens with one attached hydrogen (secondary N) is 1. The summed E-state index contributed by atoms with van der Waals surface area (Å²) >= 11 is 6.33. The van der Waals surface area contributed by atoms with E-state index in [2.05, 4.69) is 5.32 Å². The van der Waals surface area contributed by atoms with Gasteiger partial charge in [-0.15, -0.1) is 0 Å². The highest BCUT2D eigenvalue weighted by Crippen LogP contribution is 2.29. The molecule has 4 aromatic rings. The Kier molecular flexibility index (Phi) is 12.0. The summed E-state index contributed by atoms with van der Waals surface area (Å²) in [5.41, 5.74) is 3.71. The van der Waals surface area contributed by atoms with Gasteiger partial charge in [-0.25, -0.2) is 8.42 Å². The molecule has 0 spiro atoms. The Morgan fingerprint density at radius 2 is 1.50 bits per heavy atom. The molecule has 2 atom stereocenters. The maximum atomic E-state index is 14.6. The van der Waals surface area contributed by atoms with Crippen molar-refractivity contribution in [1.29, 1.82) is 0 Å². The van der Waals surface area contributed by atoms with Gasteiger partial charge in [0.15, 0.2) is 0 Å². The largest absolute Gasteiger partial charge is 0.352 e. The summed E-state index contributed by atoms with van der Waals surface area (Å²) in [7, 11) is -4.18. The van der Waals surface area contributed by atoms with Crippen molar-refractivity contribution in [3.63, 3.8) is 0 Å². The first-order valence-corrected chi connectivity index (χ1v) is 17.4. The van der Waals surface area contributed by atoms with Gasteiger partial charge in [-0.05, 0) is 73.7 Å². The van der Waals surface area contributed by atoms with Crippen LogP contribution >= 0.6 is 11.6 Å². The third-order valence-electron chi connectivity index (χ3n) is 8.04. The Hall–Kier alpha value is -4.14. The molecular weight excluding hydrogens is 618 g/mol. The molecule has 0 fully saturated rings. The molecule has 0 saturated carbocycles. The normalized spacial score (nSPS) is 12.6. The molecule has 0 aliphatic carbocycles. The lowest BCUT2D eigenvalue weighted by Crippen LogP contribution is -2.54. The second-order valence-corrected chi connectivity index (χ2v) is 13.8. The van der Waals surface area contributed by atoms with Crippen molar-refractivity contribution in [2.45, 2.75) is 70.5 Å². The summed E-state index contributed by atoms with van der Waals surface area (Å²) in [4.78, 5) is 30.2. The fraction of sp³-hybridized carbons (Fsp3) is 0.297. The van der Waals surface area contributed by atoms with E-state index >= 15 is 0 Å². The zero-order valence-electron chi connectivity index (χ0n) is 26.8. The number of carbonyl (C=O) groups is 2. The number of halogens is 1. The monoisotopic (exact) mass is 659 g/mol. The molecule has 4 aromatic carbocycles. The van der Waals surface area contributed by atoms with E-state index < -0.39 is 28.5 Å². The predicted molar refractivity (Wildman–Crippen MR) is 185 cm³/mol. The third kappa shape index (κ3) is 8.77. The Labute approximate surface area is 278 Å². The number of rotatable bonds is 14. The molecule has 9 heteroatoms. The molecule has 7 nitrogen and oxygen atoms in total. The Balaban J connectivity index is 1.84. The second-order valence-electron chi connectivity index (χ2n) is 11.5. The summed E-state index contributed by atoms with van der Waals surface area (Å²) in [6.45, 7) is 7.27. The van der Waals surface area contributed by atoms with Crippen LogP contribution in [0.5, 0.6) is 0 Å². The zero-order valence-corrected chi connectivity index (χ0v) is 28.4. The second kappa shape index (κ2) is 15.9. The summed E-state index contributed by atoms with van der Waals surface area (Å²) in [5.74, 6) is -0.822. The summed E-state index contributed by atoms with van der Waals surface area (Å²) in [5, 5.41) is 3.55. The lowest BCUT2D eigenvalue weighted by molar-refractivity contribution is -0.140. The number of anilines is 1. The van der Waals surface area contributed by atoms with Crippen molar-refractivity contribution in [2.75, 3.05) is 10.8 Å². The Bertz CT molecular complexity index is 1730. The van der Waals surface area contributed by atoms with Gasteiger partial charge in [0, 0.05) is 24.0 Å². The number of aryl methyl sites for hydroxylation is 2. The molecule has 0 saturated heterocycles. The van der Waals surface area contributed by atoms with Gasteiger partial charge in [0.05, 0.1) is 10.6 Å². The zero-order chi connectivity index (χ0) is 33.3. The van der Waals surface area contributed by atoms with Crippen molar-refractivity contribution >= 4 is 39.1 Å². The summed E-state index contributed by atoms with van der Waals surface area (Å²) in [6.07, 6.45) is 1.51. The molecule has 46 heavy (non-hydrogen) atoms. The van der Waals surface area contributed by atoms with Gasteiger partial charge in [-0.3, -0.25) is 13.9 Å². The molecule has 4 rings (SSSR count). The molecule has 0 unspecified atom stereocenters. The van der Waals surface area contributed by atoms with Crippen LogP contribution in [0.1, 0.15) is 49.4 Å². The highest BCUT2D eigenvalue weighted by molar-refractivity contribution is 7.92. The van der Waals surface area contributed by atoms with Crippen molar-refractivity contribution in [3.8, 4) is 0 Å². The first-order valence-electron chi connectivity index (χ1n) is 15.6. The number of amides is 2. The Morgan fingerprint density at radius 1 is 0.848 bits per heavy atom. The number of carbonyl (C=O) groups excluding carboxylic acids is 2. The SMILES string of the molecule is CCc1ccccc1N(CC(=O)N(Cc1cccc(Cl)c1)[C@H](Cc1ccccc1)C(=O)N[C@@H](C)CC)S(=O)(=O)c1ccc(C)cc1. The van der Waals surface area contributed by atoms with Crippen LogP contribution < -0.4 is 9.62 Å². The van der Waals surface area contributed by atoms with Crippen LogP contribution in [0.2, 0.25) is 5.02 Å². The van der Waals surface area contributed by atoms with Gasteiger partial charge < -0.3 is 10.2 Å². The number of hydrogen-bond donors (Lipinski definition) is 1. The van der Waals surface area contributed by atoms with E-state index in [9.17, 15) is 18.0 Å². The van der Waals surface area contributed by atoms with Crippen molar-refractivity contribution in [2.24, 2.45) is 0 Å². The van der Waals surface area contributed by atoms with Gasteiger partial charge in [0.1, 0.15) is 12.6 Å². The molecule has 1 N–H and O–H groups in total. The molecule has 242 valence electrons. The Morgan fingerprint density at radius 3 is 2.15 bits per heavy atom. The highest BCUT2D eigenvalue weighted by Gasteiger charge is 2.35. The molecule has 0 aliphatic rings. The average molecular weight is 660 g/mol. The lowest BCUT2D eigenvalue weighted by atomic mass is 10.0. The van der Waals surface area contributed by atoms with Gasteiger partial charge in [-0.1, -0.05) is 104 Å². The summed E-state index contributed by atoms with van der Waals surface area (Å²) in [6, 6.07) is 29.3. The minimum Gasteiger partial charge on any atom is -0.352 e. The van der Waals surface area contributed by atoms with E-state index in [1.165, 1.54) is 9.21 Å². The average Bonchev–Trinajstić information content (AvgIpc) is 3.05. The number of sulfonamides is 1. The minimum absolute atomic E-state index is 0.0542. The smallest absolute Gasteiger partial charge is 0.264 e. The van der Waals surface area contributed by atoms with Crippen molar-refractivity contribution < 1.29 is 18.0 Å². The number of nitrogens with zero attached hydrogens (tertiary/aromatic N) is 2. The molecule has 0 bridgehead atoms. The molecular formula is C37H42ClN3O4S. The van der Waals surface area contributed by atoms with Crippen molar-refractivity contribution in [3.05, 3.63) is 130 Å². The third-order valence-corrected chi connectivity index (χ3v) is 10.1. The van der Waals surface area contributed by atoms with E-state index in [0.717, 1.165) is 22.3 Å². The molecule has 0 aromatic heterocycles. The van der Waals surface area contributed by atoms with Crippen LogP contribution in [0.25, 0.3) is 0 Å². The topological polar surface area (TPSA) is 86.8 Å². The molecule has 0 aliphatic heterocycles. The van der Waals surface area contributed by atoms with Crippen LogP contribution in [-0.4, -0.2) is 43.8 Å². The van der Waals surface area contributed by atoms with Crippen molar-refractivity contribution in [1.82, 2.24) is 10.2 Å². The quantitative estimate of drug-likeness (QED) is 0.159. The fourth-order valence-electron chi connectivity index (χ4n) is 5.23. The van der Waals surface area contributed by atoms with Crippen LogP contribution in [0, 0.1) is 6.92 Å². The van der Waals surface area contributed by atoms with Crippen LogP contribution in [0.4, 0.5) is 5.69 Å². The van der Waals surface area contributed by atoms with Gasteiger partial charge in [0.25, 0.3) is 10.0 Å². The maximum absolute atomic E-state index is 14.6. The van der Waals surface area contributed by atoms with E-state index in [4.69, 9.17) is 11.6 Å². The minimum atomic E-state index is -4.18. The highest BCUT2D eigenvalue weighted by atomic mass is 35.5. The van der Waals surface area contributed by atoms with Crippen LogP contribution in [0.3, 0.4) is 0 Å². The van der Waals surface area contributed by atoms with E-state index in [1.54, 1.807) is 54.6 Å². The number of para-hydroxylation sites is 1. The fourth-order valence-corrected chi connectivity index (χ4v) is 6.90. The van der Waals surface area contributed by atoms with Crippen LogP contribution in [0.15, 0.2) is 108 Å². The van der Waals surface area contributed by atoms with Crippen LogP contribution in [-0.2, 0) is 39.0 Å². The first kappa shape index (κ1) is 34.7. The van der Waals surface area contributed by atoms with Gasteiger partial charge in [0.2, 0.25) is 11.8 Å². The number of benzene rings is 4. The summed E-state index contributed by atoms with van der Waals surface area (Å²) < 4.78 is 29.8. The lowest BCUT2D eigenvalue weighted by Gasteiger charge is -2.34. The number of hydrogen-bond acceptors (Lipinski definition) is 4. The van der Waals surface area contributed by atoms with Gasteiger partial charge >= 0.3 is 0 Å². The predicted octanol–water partition coefficient (Wildman–Crippen LogP) is 6.96. The van der Waals surface area contributed by atoms with E-state index in [1.807, 2.05) is 76.2 Å². The molecule has 0 heterocycles. The first-order chi connectivity index (χ1) is 22.0. The molecule has 0 radical (unpaired) electrons. The standard InChI is InChI=1S/C37H42ClN3O4S/c1-5-28(4)39-37(43)35(24-29-13-8-7-9-14-29)40(25-30-15-12-17-32(38)23-30)36(42)26-41(34-18-11-10-16-31(34)6-2)46(44,45)33-21-19-27(3)20-22-33/h7-23,28,35H,5-6,24-26H2,1-4H3,(H,39,43)/t28-,35+/m0/s1.